The van der Waals surface area contributed by atoms with Gasteiger partial charge in [-0.15, -0.1) is 0 Å². The number of aromatic nitrogens is 1. The van der Waals surface area contributed by atoms with Crippen LogP contribution in [0.1, 0.15) is 35.7 Å². The second-order valence-corrected chi connectivity index (χ2v) is 8.73. The summed E-state index contributed by atoms with van der Waals surface area (Å²) < 4.78 is 11.8. The predicted molar refractivity (Wildman–Crippen MR) is 121 cm³/mol. The number of amides is 1. The van der Waals surface area contributed by atoms with Crippen molar-refractivity contribution in [3.63, 3.8) is 0 Å². The van der Waals surface area contributed by atoms with E-state index in [1.807, 2.05) is 4.90 Å². The molecule has 7 heteroatoms. The van der Waals surface area contributed by atoms with E-state index in [2.05, 4.69) is 36.9 Å². The van der Waals surface area contributed by atoms with Crippen molar-refractivity contribution in [2.45, 2.75) is 19.8 Å². The van der Waals surface area contributed by atoms with Gasteiger partial charge in [0.05, 0.1) is 24.4 Å². The fourth-order valence-electron chi connectivity index (χ4n) is 3.77. The van der Waals surface area contributed by atoms with Gasteiger partial charge in [-0.1, -0.05) is 37.3 Å². The highest BCUT2D eigenvalue weighted by Crippen LogP contribution is 2.34. The average Bonchev–Trinajstić information content (AvgIpc) is 3.22. The van der Waals surface area contributed by atoms with E-state index >= 15 is 0 Å². The van der Waals surface area contributed by atoms with Crippen LogP contribution in [-0.4, -0.2) is 56.2 Å². The maximum atomic E-state index is 13.0. The van der Waals surface area contributed by atoms with Crippen LogP contribution in [0, 0.1) is 0 Å². The number of methoxy groups -OCH3 is 2. The Bertz CT molecular complexity index is 1030. The lowest BCUT2D eigenvalue weighted by Gasteiger charge is -2.34. The first-order valence-corrected chi connectivity index (χ1v) is 11.0. The normalized spacial score (nSPS) is 14.4. The lowest BCUT2D eigenvalue weighted by Crippen LogP contribution is -2.48. The zero-order valence-electron chi connectivity index (χ0n) is 17.8. The van der Waals surface area contributed by atoms with Crippen LogP contribution in [0.15, 0.2) is 36.4 Å². The van der Waals surface area contributed by atoms with E-state index in [0.717, 1.165) is 23.7 Å². The Balaban J connectivity index is 1.48. The standard InChI is InChI=1S/C23H27N3O3S/c1-15(2)19-6-5-7-20-21(19)24-23(30-20)26-10-8-25(9-11-26)22(27)16-12-17(28-3)14-18(13-16)29-4/h5-7,12-15H,8-11H2,1-4H3. The number of carbonyl (C=O) groups is 1. The van der Waals surface area contributed by atoms with Gasteiger partial charge in [0, 0.05) is 37.8 Å². The van der Waals surface area contributed by atoms with E-state index < -0.39 is 0 Å². The van der Waals surface area contributed by atoms with Crippen molar-refractivity contribution in [1.82, 2.24) is 9.88 Å². The zero-order chi connectivity index (χ0) is 21.3. The second kappa shape index (κ2) is 8.52. The molecule has 4 rings (SSSR count). The van der Waals surface area contributed by atoms with E-state index in [0.29, 0.717) is 36.1 Å². The second-order valence-electron chi connectivity index (χ2n) is 7.73. The number of para-hydroxylation sites is 1. The third kappa shape index (κ3) is 3.94. The van der Waals surface area contributed by atoms with E-state index in [-0.39, 0.29) is 5.91 Å². The van der Waals surface area contributed by atoms with Crippen molar-refractivity contribution in [2.75, 3.05) is 45.3 Å². The van der Waals surface area contributed by atoms with Gasteiger partial charge in [-0.05, 0) is 29.7 Å². The minimum atomic E-state index is -0.00163. The molecule has 6 nitrogen and oxygen atoms in total. The zero-order valence-corrected chi connectivity index (χ0v) is 18.7. The molecule has 0 unspecified atom stereocenters. The molecule has 1 amide bonds. The average molecular weight is 426 g/mol. The summed E-state index contributed by atoms with van der Waals surface area (Å²) in [5, 5.41) is 1.04. The predicted octanol–water partition coefficient (Wildman–Crippen LogP) is 4.40. The molecular formula is C23H27N3O3S. The molecule has 1 aliphatic heterocycles. The highest BCUT2D eigenvalue weighted by Gasteiger charge is 2.25. The van der Waals surface area contributed by atoms with Crippen molar-refractivity contribution in [3.8, 4) is 11.5 Å². The quantitative estimate of drug-likeness (QED) is 0.606. The summed E-state index contributed by atoms with van der Waals surface area (Å²) in [6.07, 6.45) is 0. The number of benzene rings is 2. The Labute approximate surface area is 181 Å². The third-order valence-corrected chi connectivity index (χ3v) is 6.58. The van der Waals surface area contributed by atoms with E-state index in [9.17, 15) is 4.79 Å². The summed E-state index contributed by atoms with van der Waals surface area (Å²) in [5.74, 6) is 1.68. The fourth-order valence-corrected chi connectivity index (χ4v) is 4.83. The van der Waals surface area contributed by atoms with Crippen LogP contribution in [0.3, 0.4) is 0 Å². The summed E-state index contributed by atoms with van der Waals surface area (Å²) in [6.45, 7) is 7.25. The number of ether oxygens (including phenoxy) is 2. The molecule has 0 aliphatic carbocycles. The topological polar surface area (TPSA) is 54.9 Å². The maximum absolute atomic E-state index is 13.0. The Morgan fingerprint density at radius 1 is 1.03 bits per heavy atom. The van der Waals surface area contributed by atoms with Gasteiger partial charge in [0.15, 0.2) is 5.13 Å². The van der Waals surface area contributed by atoms with Crippen LogP contribution in [0.2, 0.25) is 0 Å². The van der Waals surface area contributed by atoms with Gasteiger partial charge >= 0.3 is 0 Å². The number of thiazole rings is 1. The molecule has 3 aromatic rings. The summed E-state index contributed by atoms with van der Waals surface area (Å²) in [5.41, 5.74) is 2.98. The maximum Gasteiger partial charge on any atom is 0.254 e. The van der Waals surface area contributed by atoms with Gasteiger partial charge in [0.2, 0.25) is 0 Å². The Morgan fingerprint density at radius 2 is 1.70 bits per heavy atom. The summed E-state index contributed by atoms with van der Waals surface area (Å²) in [7, 11) is 3.18. The molecule has 0 bridgehead atoms. The van der Waals surface area contributed by atoms with Crippen LogP contribution in [0.5, 0.6) is 11.5 Å². The fraction of sp³-hybridized carbons (Fsp3) is 0.391. The number of hydrogen-bond acceptors (Lipinski definition) is 6. The van der Waals surface area contributed by atoms with Crippen molar-refractivity contribution < 1.29 is 14.3 Å². The molecule has 1 fully saturated rings. The van der Waals surface area contributed by atoms with Crippen LogP contribution in [0.25, 0.3) is 10.2 Å². The number of anilines is 1. The molecule has 0 radical (unpaired) electrons. The minimum Gasteiger partial charge on any atom is -0.497 e. The molecule has 30 heavy (non-hydrogen) atoms. The first-order chi connectivity index (χ1) is 14.5. The lowest BCUT2D eigenvalue weighted by atomic mass is 10.0. The SMILES string of the molecule is COc1cc(OC)cc(C(=O)N2CCN(c3nc4c(C(C)C)cccc4s3)CC2)c1. The van der Waals surface area contributed by atoms with E-state index in [1.165, 1.54) is 10.3 Å². The Morgan fingerprint density at radius 3 is 2.30 bits per heavy atom. The highest BCUT2D eigenvalue weighted by atomic mass is 32.1. The monoisotopic (exact) mass is 425 g/mol. The van der Waals surface area contributed by atoms with Gasteiger partial charge in [-0.25, -0.2) is 4.98 Å². The largest absolute Gasteiger partial charge is 0.497 e. The van der Waals surface area contributed by atoms with Crippen LogP contribution >= 0.6 is 11.3 Å². The van der Waals surface area contributed by atoms with E-state index in [1.54, 1.807) is 43.8 Å². The number of piperazine rings is 1. The molecule has 0 atom stereocenters. The van der Waals surface area contributed by atoms with E-state index in [4.69, 9.17) is 14.5 Å². The van der Waals surface area contributed by atoms with Crippen LogP contribution < -0.4 is 14.4 Å². The number of fused-ring (bicyclic) bond motifs is 1. The molecule has 2 heterocycles. The molecule has 0 spiro atoms. The number of rotatable bonds is 5. The minimum absolute atomic E-state index is 0.00163. The van der Waals surface area contributed by atoms with Crippen LogP contribution in [-0.2, 0) is 0 Å². The summed E-state index contributed by atoms with van der Waals surface area (Å²) in [6, 6.07) is 11.7. The first kappa shape index (κ1) is 20.5. The van der Waals surface area contributed by atoms with Gasteiger partial charge in [0.25, 0.3) is 5.91 Å². The van der Waals surface area contributed by atoms with Crippen molar-refractivity contribution >= 4 is 32.6 Å². The van der Waals surface area contributed by atoms with Gasteiger partial charge in [-0.3, -0.25) is 4.79 Å². The molecule has 1 aliphatic rings. The lowest BCUT2D eigenvalue weighted by molar-refractivity contribution is 0.0746. The number of hydrogen-bond donors (Lipinski definition) is 0. The van der Waals surface area contributed by atoms with Crippen molar-refractivity contribution in [3.05, 3.63) is 47.5 Å². The molecule has 158 valence electrons. The van der Waals surface area contributed by atoms with Gasteiger partial charge < -0.3 is 19.3 Å². The summed E-state index contributed by atoms with van der Waals surface area (Å²) >= 11 is 1.73. The molecule has 1 aromatic heterocycles. The van der Waals surface area contributed by atoms with Crippen LogP contribution in [0.4, 0.5) is 5.13 Å². The third-order valence-electron chi connectivity index (χ3n) is 5.50. The number of nitrogens with zero attached hydrogens (tertiary/aromatic N) is 3. The Hall–Kier alpha value is -2.80. The smallest absolute Gasteiger partial charge is 0.254 e. The van der Waals surface area contributed by atoms with Crippen molar-refractivity contribution in [1.29, 1.82) is 0 Å². The summed E-state index contributed by atoms with van der Waals surface area (Å²) in [4.78, 5) is 22.1. The Kier molecular flexibility index (Phi) is 5.81. The molecule has 2 aromatic carbocycles. The molecule has 1 saturated heterocycles. The van der Waals surface area contributed by atoms with Crippen molar-refractivity contribution in [2.24, 2.45) is 0 Å². The molecule has 0 saturated carbocycles. The number of carbonyl (C=O) groups excluding carboxylic acids is 1. The molecule has 0 N–H and O–H groups in total. The molecular weight excluding hydrogens is 398 g/mol. The van der Waals surface area contributed by atoms with Gasteiger partial charge in [-0.2, -0.15) is 0 Å². The van der Waals surface area contributed by atoms with Gasteiger partial charge in [0.1, 0.15) is 11.5 Å². The first-order valence-electron chi connectivity index (χ1n) is 10.2. The highest BCUT2D eigenvalue weighted by molar-refractivity contribution is 7.22.